The predicted octanol–water partition coefficient (Wildman–Crippen LogP) is 2.14. The van der Waals surface area contributed by atoms with E-state index < -0.39 is 6.04 Å². The first kappa shape index (κ1) is 17.5. The molecule has 2 rings (SSSR count). The average Bonchev–Trinajstić information content (AvgIpc) is 2.54. The van der Waals surface area contributed by atoms with Crippen molar-refractivity contribution < 1.29 is 14.3 Å². The van der Waals surface area contributed by atoms with Gasteiger partial charge in [0.05, 0.1) is 13.2 Å². The lowest BCUT2D eigenvalue weighted by atomic mass is 10.1. The maximum Gasteiger partial charge on any atom is 0.245 e. The molecule has 2 amide bonds. The van der Waals surface area contributed by atoms with Gasteiger partial charge in [-0.3, -0.25) is 9.59 Å². The summed E-state index contributed by atoms with van der Waals surface area (Å²) in [7, 11) is 0. The molecule has 0 bridgehead atoms. The van der Waals surface area contributed by atoms with Gasteiger partial charge in [0.25, 0.3) is 0 Å². The smallest absolute Gasteiger partial charge is 0.245 e. The lowest BCUT2D eigenvalue weighted by molar-refractivity contribution is -0.142. The van der Waals surface area contributed by atoms with Crippen LogP contribution in [0.4, 0.5) is 0 Å². The zero-order valence-corrected chi connectivity index (χ0v) is 14.1. The minimum atomic E-state index is -0.504. The van der Waals surface area contributed by atoms with E-state index >= 15 is 0 Å². The Balaban J connectivity index is 1.92. The predicted molar refractivity (Wildman–Crippen MR) is 88.8 cm³/mol. The van der Waals surface area contributed by atoms with E-state index in [0.717, 1.165) is 5.56 Å². The van der Waals surface area contributed by atoms with Gasteiger partial charge in [-0.2, -0.15) is 0 Å². The number of carbonyl (C=O) groups is 2. The summed E-state index contributed by atoms with van der Waals surface area (Å²) in [6.45, 7) is 7.31. The third-order valence-electron chi connectivity index (χ3n) is 3.89. The lowest BCUT2D eigenvalue weighted by Crippen LogP contribution is -2.51. The Morgan fingerprint density at radius 3 is 2.61 bits per heavy atom. The van der Waals surface area contributed by atoms with Crippen molar-refractivity contribution in [3.8, 4) is 0 Å². The van der Waals surface area contributed by atoms with Gasteiger partial charge in [0.1, 0.15) is 12.1 Å². The van der Waals surface area contributed by atoms with E-state index in [-0.39, 0.29) is 23.8 Å². The largest absolute Gasteiger partial charge is 0.370 e. The standard InChI is InChI=1S/C18H26N2O3/c1-13(2)11-17(21)19-14(3)18(22)20-9-10-23-16(12-20)15-7-5-4-6-8-15/h4-8,13-14,16H,9-12H2,1-3H3,(H,19,21)/t14-,16?/m0/s1. The van der Waals surface area contributed by atoms with Gasteiger partial charge in [0, 0.05) is 13.0 Å². The van der Waals surface area contributed by atoms with Gasteiger partial charge in [-0.15, -0.1) is 0 Å². The van der Waals surface area contributed by atoms with Crippen molar-refractivity contribution in [3.63, 3.8) is 0 Å². The van der Waals surface area contributed by atoms with Crippen LogP contribution in [-0.2, 0) is 14.3 Å². The van der Waals surface area contributed by atoms with Crippen LogP contribution >= 0.6 is 0 Å². The van der Waals surface area contributed by atoms with E-state index in [4.69, 9.17) is 4.74 Å². The summed E-state index contributed by atoms with van der Waals surface area (Å²) in [5.41, 5.74) is 1.07. The van der Waals surface area contributed by atoms with Crippen molar-refractivity contribution in [3.05, 3.63) is 35.9 Å². The van der Waals surface area contributed by atoms with Crippen molar-refractivity contribution in [2.45, 2.75) is 39.3 Å². The first-order valence-electron chi connectivity index (χ1n) is 8.22. The molecule has 1 aromatic carbocycles. The molecule has 0 radical (unpaired) electrons. The first-order valence-corrected chi connectivity index (χ1v) is 8.22. The molecule has 0 aliphatic carbocycles. The second kappa shape index (κ2) is 8.11. The van der Waals surface area contributed by atoms with Crippen molar-refractivity contribution in [2.24, 2.45) is 5.92 Å². The Morgan fingerprint density at radius 2 is 1.96 bits per heavy atom. The quantitative estimate of drug-likeness (QED) is 0.905. The summed E-state index contributed by atoms with van der Waals surface area (Å²) in [4.78, 5) is 26.2. The van der Waals surface area contributed by atoms with Crippen molar-refractivity contribution in [1.29, 1.82) is 0 Å². The molecule has 126 valence electrons. The van der Waals surface area contributed by atoms with Gasteiger partial charge in [-0.05, 0) is 18.4 Å². The fraction of sp³-hybridized carbons (Fsp3) is 0.556. The molecule has 1 saturated heterocycles. The summed E-state index contributed by atoms with van der Waals surface area (Å²) in [6, 6.07) is 9.40. The first-order chi connectivity index (χ1) is 11.0. The molecule has 1 N–H and O–H groups in total. The van der Waals surface area contributed by atoms with E-state index in [1.165, 1.54) is 0 Å². The number of carbonyl (C=O) groups excluding carboxylic acids is 2. The molecule has 1 fully saturated rings. The number of hydrogen-bond donors (Lipinski definition) is 1. The number of ether oxygens (including phenoxy) is 1. The molecule has 1 unspecified atom stereocenters. The molecular formula is C18H26N2O3. The maximum atomic E-state index is 12.6. The van der Waals surface area contributed by atoms with Crippen LogP contribution in [0.1, 0.15) is 38.9 Å². The van der Waals surface area contributed by atoms with Crippen LogP contribution in [-0.4, -0.2) is 42.5 Å². The molecule has 5 nitrogen and oxygen atoms in total. The van der Waals surface area contributed by atoms with Gasteiger partial charge in [-0.25, -0.2) is 0 Å². The van der Waals surface area contributed by atoms with E-state index in [0.29, 0.717) is 26.1 Å². The highest BCUT2D eigenvalue weighted by atomic mass is 16.5. The molecule has 0 saturated carbocycles. The fourth-order valence-corrected chi connectivity index (χ4v) is 2.73. The highest BCUT2D eigenvalue weighted by molar-refractivity contribution is 5.87. The normalized spacial score (nSPS) is 19.5. The van der Waals surface area contributed by atoms with Gasteiger partial charge in [0.2, 0.25) is 11.8 Å². The minimum Gasteiger partial charge on any atom is -0.370 e. The molecule has 5 heteroatoms. The molecule has 0 spiro atoms. The molecule has 1 aliphatic rings. The van der Waals surface area contributed by atoms with Crippen molar-refractivity contribution in [2.75, 3.05) is 19.7 Å². The van der Waals surface area contributed by atoms with E-state index in [9.17, 15) is 9.59 Å². The van der Waals surface area contributed by atoms with Crippen molar-refractivity contribution >= 4 is 11.8 Å². The molecule has 0 aromatic heterocycles. The van der Waals surface area contributed by atoms with Crippen molar-refractivity contribution in [1.82, 2.24) is 10.2 Å². The topological polar surface area (TPSA) is 58.6 Å². The van der Waals surface area contributed by atoms with Gasteiger partial charge < -0.3 is 15.0 Å². The van der Waals surface area contributed by atoms with Crippen LogP contribution in [0, 0.1) is 5.92 Å². The molecular weight excluding hydrogens is 292 g/mol. The number of nitrogens with zero attached hydrogens (tertiary/aromatic N) is 1. The number of nitrogens with one attached hydrogen (secondary N) is 1. The molecule has 23 heavy (non-hydrogen) atoms. The van der Waals surface area contributed by atoms with Crippen LogP contribution < -0.4 is 5.32 Å². The van der Waals surface area contributed by atoms with Gasteiger partial charge in [0.15, 0.2) is 0 Å². The van der Waals surface area contributed by atoms with Gasteiger partial charge >= 0.3 is 0 Å². The Kier molecular flexibility index (Phi) is 6.16. The number of morpholine rings is 1. The third kappa shape index (κ3) is 5.06. The van der Waals surface area contributed by atoms with E-state index in [1.54, 1.807) is 11.8 Å². The van der Waals surface area contributed by atoms with Crippen LogP contribution in [0.5, 0.6) is 0 Å². The zero-order valence-electron chi connectivity index (χ0n) is 14.1. The third-order valence-corrected chi connectivity index (χ3v) is 3.89. The summed E-state index contributed by atoms with van der Waals surface area (Å²) < 4.78 is 5.78. The van der Waals surface area contributed by atoms with E-state index in [1.807, 2.05) is 44.2 Å². The minimum absolute atomic E-state index is 0.0497. The number of benzene rings is 1. The zero-order chi connectivity index (χ0) is 16.8. The fourth-order valence-electron chi connectivity index (χ4n) is 2.73. The number of rotatable bonds is 5. The monoisotopic (exact) mass is 318 g/mol. The van der Waals surface area contributed by atoms with E-state index in [2.05, 4.69) is 5.32 Å². The Hall–Kier alpha value is -1.88. The summed E-state index contributed by atoms with van der Waals surface area (Å²) in [5.74, 6) is 0.156. The summed E-state index contributed by atoms with van der Waals surface area (Å²) in [6.07, 6.45) is 0.334. The maximum absolute atomic E-state index is 12.6. The van der Waals surface area contributed by atoms with Crippen LogP contribution in [0.15, 0.2) is 30.3 Å². The lowest BCUT2D eigenvalue weighted by Gasteiger charge is -2.34. The number of amides is 2. The molecule has 1 heterocycles. The second-order valence-corrected chi connectivity index (χ2v) is 6.44. The Morgan fingerprint density at radius 1 is 1.26 bits per heavy atom. The Bertz CT molecular complexity index is 530. The SMILES string of the molecule is CC(C)CC(=O)N[C@@H](C)C(=O)N1CCOC(c2ccccc2)C1. The molecule has 2 atom stereocenters. The Labute approximate surface area is 138 Å². The molecule has 1 aromatic rings. The second-order valence-electron chi connectivity index (χ2n) is 6.44. The van der Waals surface area contributed by atoms with Crippen LogP contribution in [0.3, 0.4) is 0 Å². The average molecular weight is 318 g/mol. The number of hydrogen-bond acceptors (Lipinski definition) is 3. The van der Waals surface area contributed by atoms with Gasteiger partial charge in [-0.1, -0.05) is 44.2 Å². The highest BCUT2D eigenvalue weighted by Gasteiger charge is 2.28. The van der Waals surface area contributed by atoms with Crippen LogP contribution in [0.2, 0.25) is 0 Å². The summed E-state index contributed by atoms with van der Waals surface area (Å²) >= 11 is 0. The summed E-state index contributed by atoms with van der Waals surface area (Å²) in [5, 5.41) is 2.79. The molecule has 1 aliphatic heterocycles. The van der Waals surface area contributed by atoms with Crippen LogP contribution in [0.25, 0.3) is 0 Å². The highest BCUT2D eigenvalue weighted by Crippen LogP contribution is 2.22.